The molecule has 0 amide bonds. The lowest BCUT2D eigenvalue weighted by Gasteiger charge is -2.41. The van der Waals surface area contributed by atoms with Crippen molar-refractivity contribution in [2.24, 2.45) is 5.41 Å². The number of carbonyl (C=O) groups is 1. The van der Waals surface area contributed by atoms with E-state index in [1.54, 1.807) is 0 Å². The maximum Gasteiger partial charge on any atom is 0.322 e. The maximum absolute atomic E-state index is 11.5. The Hall–Kier alpha value is -0.610. The molecule has 0 aromatic heterocycles. The minimum absolute atomic E-state index is 0.157. The van der Waals surface area contributed by atoms with Crippen LogP contribution in [0.1, 0.15) is 46.0 Å². The maximum atomic E-state index is 11.5. The molecule has 1 rings (SSSR count). The van der Waals surface area contributed by atoms with E-state index in [2.05, 4.69) is 24.1 Å². The molecule has 1 N–H and O–H groups in total. The fraction of sp³-hybridized carbons (Fsp3) is 0.933. The third kappa shape index (κ3) is 4.46. The van der Waals surface area contributed by atoms with Gasteiger partial charge in [-0.25, -0.2) is 0 Å². The first-order valence-electron chi connectivity index (χ1n) is 7.58. The quantitative estimate of drug-likeness (QED) is 0.719. The molecule has 19 heavy (non-hydrogen) atoms. The van der Waals surface area contributed by atoms with Crippen LogP contribution in [0.2, 0.25) is 0 Å². The van der Waals surface area contributed by atoms with Crippen LogP contribution in [0.15, 0.2) is 0 Å². The lowest BCUT2D eigenvalue weighted by Crippen LogP contribution is -2.43. The summed E-state index contributed by atoms with van der Waals surface area (Å²) in [5, 5.41) is 3.03. The van der Waals surface area contributed by atoms with Crippen molar-refractivity contribution >= 4 is 5.97 Å². The average molecular weight is 270 g/mol. The Bertz CT molecular complexity index is 267. The zero-order valence-corrected chi connectivity index (χ0v) is 13.0. The Morgan fingerprint density at radius 2 is 1.89 bits per heavy atom. The normalized spacial score (nSPS) is 21.1. The van der Waals surface area contributed by atoms with E-state index in [4.69, 9.17) is 4.74 Å². The molecular formula is C15H30N2O2. The number of hydrogen-bond donors (Lipinski definition) is 1. The van der Waals surface area contributed by atoms with Crippen LogP contribution in [-0.2, 0) is 9.53 Å². The summed E-state index contributed by atoms with van der Waals surface area (Å²) in [6.07, 6.45) is 6.00. The summed E-state index contributed by atoms with van der Waals surface area (Å²) in [5.74, 6) is -0.157. The molecule has 0 saturated carbocycles. The van der Waals surface area contributed by atoms with E-state index in [1.807, 2.05) is 7.05 Å². The number of piperidine rings is 1. The highest BCUT2D eigenvalue weighted by atomic mass is 16.5. The molecule has 1 unspecified atom stereocenters. The van der Waals surface area contributed by atoms with E-state index in [9.17, 15) is 4.79 Å². The molecule has 112 valence electrons. The SMILES string of the molecule is CCC1(CC)CCN(CCC(NC)C(=O)OC)CC1. The minimum atomic E-state index is -0.172. The topological polar surface area (TPSA) is 41.6 Å². The molecule has 0 spiro atoms. The lowest BCUT2D eigenvalue weighted by molar-refractivity contribution is -0.143. The fourth-order valence-corrected chi connectivity index (χ4v) is 3.04. The van der Waals surface area contributed by atoms with Crippen LogP contribution in [0.3, 0.4) is 0 Å². The number of rotatable bonds is 7. The lowest BCUT2D eigenvalue weighted by atomic mass is 9.74. The summed E-state index contributed by atoms with van der Waals surface area (Å²) in [5.41, 5.74) is 0.571. The number of nitrogens with zero attached hydrogens (tertiary/aromatic N) is 1. The summed E-state index contributed by atoms with van der Waals surface area (Å²) in [6, 6.07) is -0.172. The Labute approximate surface area is 117 Å². The number of methoxy groups -OCH3 is 1. The van der Waals surface area contributed by atoms with Crippen LogP contribution < -0.4 is 5.32 Å². The van der Waals surface area contributed by atoms with Crippen LogP contribution in [0.25, 0.3) is 0 Å². The van der Waals surface area contributed by atoms with Gasteiger partial charge in [-0.1, -0.05) is 26.7 Å². The highest BCUT2D eigenvalue weighted by Crippen LogP contribution is 2.37. The molecule has 0 aliphatic carbocycles. The summed E-state index contributed by atoms with van der Waals surface area (Å²) < 4.78 is 4.79. The largest absolute Gasteiger partial charge is 0.468 e. The second-order valence-corrected chi connectivity index (χ2v) is 5.70. The number of esters is 1. The van der Waals surface area contributed by atoms with Gasteiger partial charge < -0.3 is 15.0 Å². The molecule has 1 aliphatic rings. The number of nitrogens with one attached hydrogen (secondary N) is 1. The summed E-state index contributed by atoms with van der Waals surface area (Å²) in [6.45, 7) is 7.93. The monoisotopic (exact) mass is 270 g/mol. The minimum Gasteiger partial charge on any atom is -0.468 e. The number of likely N-dealkylation sites (tertiary alicyclic amines) is 1. The van der Waals surface area contributed by atoms with Gasteiger partial charge in [0.05, 0.1) is 7.11 Å². The van der Waals surface area contributed by atoms with E-state index >= 15 is 0 Å². The van der Waals surface area contributed by atoms with E-state index in [0.29, 0.717) is 5.41 Å². The zero-order chi connectivity index (χ0) is 14.3. The van der Waals surface area contributed by atoms with Crippen molar-refractivity contribution in [1.82, 2.24) is 10.2 Å². The second-order valence-electron chi connectivity index (χ2n) is 5.70. The van der Waals surface area contributed by atoms with Crippen molar-refractivity contribution in [2.75, 3.05) is 33.8 Å². The molecule has 1 saturated heterocycles. The first kappa shape index (κ1) is 16.4. The van der Waals surface area contributed by atoms with Crippen molar-refractivity contribution < 1.29 is 9.53 Å². The third-order valence-electron chi connectivity index (χ3n) is 4.98. The first-order chi connectivity index (χ1) is 9.10. The van der Waals surface area contributed by atoms with Gasteiger partial charge in [0.15, 0.2) is 0 Å². The highest BCUT2D eigenvalue weighted by molar-refractivity contribution is 5.75. The number of likely N-dealkylation sites (N-methyl/N-ethyl adjacent to an activating group) is 1. The third-order valence-corrected chi connectivity index (χ3v) is 4.98. The summed E-state index contributed by atoms with van der Waals surface area (Å²) in [4.78, 5) is 14.0. The van der Waals surface area contributed by atoms with Crippen LogP contribution in [0, 0.1) is 5.41 Å². The van der Waals surface area contributed by atoms with E-state index in [0.717, 1.165) is 13.0 Å². The van der Waals surface area contributed by atoms with E-state index in [1.165, 1.54) is 45.9 Å². The van der Waals surface area contributed by atoms with Crippen LogP contribution in [0.4, 0.5) is 0 Å². The van der Waals surface area contributed by atoms with Crippen molar-refractivity contribution in [3.8, 4) is 0 Å². The Morgan fingerprint density at radius 3 is 2.32 bits per heavy atom. The van der Waals surface area contributed by atoms with Gasteiger partial charge >= 0.3 is 5.97 Å². The van der Waals surface area contributed by atoms with Crippen molar-refractivity contribution in [2.45, 2.75) is 52.0 Å². The Balaban J connectivity index is 2.35. The fourth-order valence-electron chi connectivity index (χ4n) is 3.04. The van der Waals surface area contributed by atoms with Gasteiger partial charge in [0.1, 0.15) is 6.04 Å². The predicted molar refractivity (Wildman–Crippen MR) is 78.2 cm³/mol. The summed E-state index contributed by atoms with van der Waals surface area (Å²) >= 11 is 0. The molecule has 1 aliphatic heterocycles. The smallest absolute Gasteiger partial charge is 0.322 e. The zero-order valence-electron chi connectivity index (χ0n) is 13.0. The van der Waals surface area contributed by atoms with Gasteiger partial charge in [-0.05, 0) is 44.8 Å². The molecular weight excluding hydrogens is 240 g/mol. The molecule has 1 atom stereocenters. The van der Waals surface area contributed by atoms with Crippen molar-refractivity contribution in [3.63, 3.8) is 0 Å². The molecule has 0 bridgehead atoms. The Kier molecular flexibility index (Phi) is 6.80. The van der Waals surface area contributed by atoms with Crippen LogP contribution in [-0.4, -0.2) is 50.7 Å². The average Bonchev–Trinajstić information content (AvgIpc) is 2.48. The van der Waals surface area contributed by atoms with Gasteiger partial charge in [-0.15, -0.1) is 0 Å². The molecule has 1 fully saturated rings. The van der Waals surface area contributed by atoms with Crippen LogP contribution >= 0.6 is 0 Å². The molecule has 1 heterocycles. The molecule has 0 aromatic carbocycles. The number of carbonyl (C=O) groups excluding carboxylic acids is 1. The Morgan fingerprint density at radius 1 is 1.32 bits per heavy atom. The second kappa shape index (κ2) is 7.85. The molecule has 0 radical (unpaired) electrons. The molecule has 4 heteroatoms. The van der Waals surface area contributed by atoms with Gasteiger partial charge in [-0.2, -0.15) is 0 Å². The standard InChI is InChI=1S/C15H30N2O2/c1-5-15(6-2)8-11-17(12-9-15)10-7-13(16-3)14(18)19-4/h13,16H,5-12H2,1-4H3. The van der Waals surface area contributed by atoms with Crippen molar-refractivity contribution in [1.29, 1.82) is 0 Å². The molecule has 4 nitrogen and oxygen atoms in total. The summed E-state index contributed by atoms with van der Waals surface area (Å²) in [7, 11) is 3.27. The van der Waals surface area contributed by atoms with E-state index < -0.39 is 0 Å². The predicted octanol–water partition coefficient (Wildman–Crippen LogP) is 2.04. The van der Waals surface area contributed by atoms with Crippen molar-refractivity contribution in [3.05, 3.63) is 0 Å². The van der Waals surface area contributed by atoms with E-state index in [-0.39, 0.29) is 12.0 Å². The van der Waals surface area contributed by atoms with Gasteiger partial charge in [0.2, 0.25) is 0 Å². The number of ether oxygens (including phenoxy) is 1. The van der Waals surface area contributed by atoms with Crippen LogP contribution in [0.5, 0.6) is 0 Å². The first-order valence-corrected chi connectivity index (χ1v) is 7.58. The molecule has 0 aromatic rings. The number of hydrogen-bond acceptors (Lipinski definition) is 4. The highest BCUT2D eigenvalue weighted by Gasteiger charge is 2.31. The van der Waals surface area contributed by atoms with Gasteiger partial charge in [-0.3, -0.25) is 4.79 Å². The van der Waals surface area contributed by atoms with Gasteiger partial charge in [0.25, 0.3) is 0 Å². The van der Waals surface area contributed by atoms with Gasteiger partial charge in [0, 0.05) is 6.54 Å².